The molecule has 1 aliphatic rings. The van der Waals surface area contributed by atoms with Crippen LogP contribution in [0.4, 0.5) is 0 Å². The van der Waals surface area contributed by atoms with Crippen molar-refractivity contribution in [3.05, 3.63) is 32.8 Å². The maximum atomic E-state index is 12.7. The van der Waals surface area contributed by atoms with Gasteiger partial charge in [-0.25, -0.2) is 0 Å². The first kappa shape index (κ1) is 15.1. The molecule has 1 fully saturated rings. The van der Waals surface area contributed by atoms with E-state index in [0.29, 0.717) is 12.1 Å². The van der Waals surface area contributed by atoms with E-state index in [4.69, 9.17) is 0 Å². The van der Waals surface area contributed by atoms with E-state index in [9.17, 15) is 9.90 Å². The molecule has 1 amide bonds. The Hall–Kier alpha value is -0.850. The van der Waals surface area contributed by atoms with Crippen molar-refractivity contribution in [1.82, 2.24) is 9.88 Å². The van der Waals surface area contributed by atoms with Crippen molar-refractivity contribution in [3.63, 3.8) is 0 Å². The van der Waals surface area contributed by atoms with Gasteiger partial charge in [-0.3, -0.25) is 4.79 Å². The summed E-state index contributed by atoms with van der Waals surface area (Å²) in [6, 6.07) is 3.92. The molecule has 1 atom stereocenters. The summed E-state index contributed by atoms with van der Waals surface area (Å²) in [4.78, 5) is 17.7. The molecule has 1 unspecified atom stereocenters. The maximum Gasteiger partial charge on any atom is 0.256 e. The van der Waals surface area contributed by atoms with Crippen molar-refractivity contribution < 1.29 is 9.90 Å². The van der Waals surface area contributed by atoms with Crippen LogP contribution in [0.5, 0.6) is 0 Å². The highest BCUT2D eigenvalue weighted by atomic mass is 79.9. The maximum absolute atomic E-state index is 12.7. The molecule has 1 saturated heterocycles. The SMILES string of the molecule is O=C(c1c[nH]c2cc(Br)c(Br)cc12)N1CCCC(CO)C1. The minimum Gasteiger partial charge on any atom is -0.396 e. The number of nitrogens with one attached hydrogen (secondary N) is 1. The molecule has 0 spiro atoms. The van der Waals surface area contributed by atoms with Crippen LogP contribution in [0.3, 0.4) is 0 Å². The zero-order valence-corrected chi connectivity index (χ0v) is 14.6. The van der Waals surface area contributed by atoms with E-state index in [1.165, 1.54) is 0 Å². The Morgan fingerprint density at radius 2 is 2.14 bits per heavy atom. The van der Waals surface area contributed by atoms with Crippen LogP contribution in [0.2, 0.25) is 0 Å². The normalized spacial score (nSPS) is 19.2. The number of benzene rings is 1. The van der Waals surface area contributed by atoms with Crippen LogP contribution in [0.1, 0.15) is 23.2 Å². The van der Waals surface area contributed by atoms with Crippen molar-refractivity contribution >= 4 is 48.7 Å². The molecule has 3 rings (SSSR count). The molecule has 6 heteroatoms. The van der Waals surface area contributed by atoms with Crippen LogP contribution < -0.4 is 0 Å². The Morgan fingerprint density at radius 3 is 2.90 bits per heavy atom. The van der Waals surface area contributed by atoms with Gasteiger partial charge in [-0.05, 0) is 62.8 Å². The third-order valence-corrected chi connectivity index (χ3v) is 5.86. The summed E-state index contributed by atoms with van der Waals surface area (Å²) in [5.41, 5.74) is 1.63. The first-order valence-electron chi connectivity index (χ1n) is 6.96. The second kappa shape index (κ2) is 6.10. The fourth-order valence-electron chi connectivity index (χ4n) is 2.86. The van der Waals surface area contributed by atoms with Crippen LogP contribution in [-0.2, 0) is 0 Å². The lowest BCUT2D eigenvalue weighted by molar-refractivity contribution is 0.0622. The van der Waals surface area contributed by atoms with Gasteiger partial charge < -0.3 is 15.0 Å². The van der Waals surface area contributed by atoms with Gasteiger partial charge in [-0.15, -0.1) is 0 Å². The van der Waals surface area contributed by atoms with Gasteiger partial charge in [0.15, 0.2) is 0 Å². The first-order valence-corrected chi connectivity index (χ1v) is 8.55. The number of nitrogens with zero attached hydrogens (tertiary/aromatic N) is 1. The van der Waals surface area contributed by atoms with E-state index >= 15 is 0 Å². The molecule has 0 radical (unpaired) electrons. The number of aliphatic hydroxyl groups excluding tert-OH is 1. The lowest BCUT2D eigenvalue weighted by Crippen LogP contribution is -2.40. The number of H-pyrrole nitrogens is 1. The summed E-state index contributed by atoms with van der Waals surface area (Å²) in [7, 11) is 0. The van der Waals surface area contributed by atoms with E-state index in [1.54, 1.807) is 6.20 Å². The third-order valence-electron chi connectivity index (χ3n) is 4.02. The van der Waals surface area contributed by atoms with Crippen LogP contribution in [0.25, 0.3) is 10.9 Å². The number of carbonyl (C=O) groups is 1. The van der Waals surface area contributed by atoms with Crippen molar-refractivity contribution in [2.45, 2.75) is 12.8 Å². The summed E-state index contributed by atoms with van der Waals surface area (Å²) in [5, 5.41) is 10.2. The fourth-order valence-corrected chi connectivity index (χ4v) is 3.55. The average molecular weight is 416 g/mol. The summed E-state index contributed by atoms with van der Waals surface area (Å²) >= 11 is 6.95. The van der Waals surface area contributed by atoms with Gasteiger partial charge in [0.2, 0.25) is 0 Å². The molecule has 2 heterocycles. The minimum atomic E-state index is 0.0358. The number of halogens is 2. The number of hydrogen-bond acceptors (Lipinski definition) is 2. The Labute approximate surface area is 139 Å². The Morgan fingerprint density at radius 1 is 1.38 bits per heavy atom. The van der Waals surface area contributed by atoms with E-state index < -0.39 is 0 Å². The molecule has 1 aliphatic heterocycles. The Bertz CT molecular complexity index is 684. The molecule has 2 aromatic rings. The second-order valence-corrected chi connectivity index (χ2v) is 7.16. The zero-order chi connectivity index (χ0) is 15.0. The number of aromatic nitrogens is 1. The number of aromatic amines is 1. The molecule has 2 N–H and O–H groups in total. The van der Waals surface area contributed by atoms with E-state index in [-0.39, 0.29) is 18.4 Å². The highest BCUT2D eigenvalue weighted by Crippen LogP contribution is 2.31. The predicted octanol–water partition coefficient (Wildman–Crippen LogP) is 3.54. The smallest absolute Gasteiger partial charge is 0.256 e. The van der Waals surface area contributed by atoms with Crippen LogP contribution in [0, 0.1) is 5.92 Å². The Balaban J connectivity index is 1.93. The van der Waals surface area contributed by atoms with Gasteiger partial charge in [0.05, 0.1) is 5.56 Å². The van der Waals surface area contributed by atoms with Crippen LogP contribution in [-0.4, -0.2) is 40.6 Å². The zero-order valence-electron chi connectivity index (χ0n) is 11.4. The van der Waals surface area contributed by atoms with E-state index in [0.717, 1.165) is 39.2 Å². The standard InChI is InChI=1S/C15H16Br2N2O2/c16-12-4-10-11(6-18-14(10)5-13(12)17)15(21)19-3-1-2-9(7-19)8-20/h4-6,9,18,20H,1-3,7-8H2. The molecule has 1 aromatic carbocycles. The van der Waals surface area contributed by atoms with E-state index in [1.807, 2.05) is 17.0 Å². The molecule has 1 aromatic heterocycles. The third kappa shape index (κ3) is 2.89. The number of rotatable bonds is 2. The molecule has 0 saturated carbocycles. The molecular formula is C15H16Br2N2O2. The molecule has 0 aliphatic carbocycles. The largest absolute Gasteiger partial charge is 0.396 e. The van der Waals surface area contributed by atoms with E-state index in [2.05, 4.69) is 36.8 Å². The molecule has 112 valence electrons. The quantitative estimate of drug-likeness (QED) is 0.788. The number of fused-ring (bicyclic) bond motifs is 1. The van der Waals surface area contributed by atoms with Gasteiger partial charge in [0.25, 0.3) is 5.91 Å². The average Bonchev–Trinajstić information content (AvgIpc) is 2.89. The molecule has 4 nitrogen and oxygen atoms in total. The molecule has 21 heavy (non-hydrogen) atoms. The van der Waals surface area contributed by atoms with Crippen molar-refractivity contribution in [3.8, 4) is 0 Å². The number of aliphatic hydroxyl groups is 1. The number of amides is 1. The summed E-state index contributed by atoms with van der Waals surface area (Å²) in [6.45, 7) is 1.55. The molecule has 0 bridgehead atoms. The van der Waals surface area contributed by atoms with Crippen molar-refractivity contribution in [2.24, 2.45) is 5.92 Å². The Kier molecular flexibility index (Phi) is 4.38. The lowest BCUT2D eigenvalue weighted by Gasteiger charge is -2.31. The number of hydrogen-bond donors (Lipinski definition) is 2. The number of piperidine rings is 1. The predicted molar refractivity (Wildman–Crippen MR) is 89.4 cm³/mol. The van der Waals surface area contributed by atoms with Gasteiger partial charge in [0.1, 0.15) is 0 Å². The number of likely N-dealkylation sites (tertiary alicyclic amines) is 1. The van der Waals surface area contributed by atoms with Gasteiger partial charge in [-0.1, -0.05) is 0 Å². The monoisotopic (exact) mass is 414 g/mol. The summed E-state index contributed by atoms with van der Waals surface area (Å²) in [6.07, 6.45) is 3.72. The highest BCUT2D eigenvalue weighted by Gasteiger charge is 2.25. The summed E-state index contributed by atoms with van der Waals surface area (Å²) < 4.78 is 1.88. The van der Waals surface area contributed by atoms with Crippen LogP contribution in [0.15, 0.2) is 27.3 Å². The topological polar surface area (TPSA) is 56.3 Å². The minimum absolute atomic E-state index is 0.0358. The second-order valence-electron chi connectivity index (χ2n) is 5.46. The first-order chi connectivity index (χ1) is 10.1. The van der Waals surface area contributed by atoms with Gasteiger partial charge in [0, 0.05) is 45.7 Å². The fraction of sp³-hybridized carbons (Fsp3) is 0.400. The molecular weight excluding hydrogens is 400 g/mol. The van der Waals surface area contributed by atoms with Crippen molar-refractivity contribution in [1.29, 1.82) is 0 Å². The summed E-state index contributed by atoms with van der Waals surface area (Å²) in [5.74, 6) is 0.238. The van der Waals surface area contributed by atoms with Crippen LogP contribution >= 0.6 is 31.9 Å². The van der Waals surface area contributed by atoms with Gasteiger partial charge in [-0.2, -0.15) is 0 Å². The van der Waals surface area contributed by atoms with Gasteiger partial charge >= 0.3 is 0 Å². The van der Waals surface area contributed by atoms with Crippen molar-refractivity contribution in [2.75, 3.05) is 19.7 Å². The highest BCUT2D eigenvalue weighted by molar-refractivity contribution is 9.13. The lowest BCUT2D eigenvalue weighted by atomic mass is 9.98. The number of carbonyl (C=O) groups excluding carboxylic acids is 1.